The van der Waals surface area contributed by atoms with Crippen molar-refractivity contribution in [1.82, 2.24) is 15.2 Å². The fourth-order valence-electron chi connectivity index (χ4n) is 2.76. The molecule has 7 nitrogen and oxygen atoms in total. The number of aromatic nitrogens is 1. The molecule has 3 rings (SSSR count). The van der Waals surface area contributed by atoms with Crippen molar-refractivity contribution < 1.29 is 19.4 Å². The second kappa shape index (κ2) is 6.84. The number of urea groups is 1. The van der Waals surface area contributed by atoms with Gasteiger partial charge >= 0.3 is 12.0 Å². The first-order chi connectivity index (χ1) is 11.0. The zero-order valence-electron chi connectivity index (χ0n) is 13.1. The fourth-order valence-corrected chi connectivity index (χ4v) is 3.66. The minimum absolute atomic E-state index is 0.0781. The van der Waals surface area contributed by atoms with Crippen molar-refractivity contribution in [2.75, 3.05) is 26.2 Å². The Balaban J connectivity index is 1.45. The molecule has 1 aliphatic heterocycles. The molecule has 0 radical (unpaired) electrons. The number of ether oxygens (including phenoxy) is 1. The molecule has 2 heterocycles. The van der Waals surface area contributed by atoms with Crippen LogP contribution in [0, 0.1) is 12.8 Å². The van der Waals surface area contributed by atoms with Gasteiger partial charge in [0, 0.05) is 26.1 Å². The number of carboxylic acids is 1. The van der Waals surface area contributed by atoms with E-state index in [-0.39, 0.29) is 17.0 Å². The minimum Gasteiger partial charge on any atom is -0.477 e. The van der Waals surface area contributed by atoms with Crippen LogP contribution in [0.3, 0.4) is 0 Å². The molecule has 126 valence electrons. The van der Waals surface area contributed by atoms with Gasteiger partial charge in [0.2, 0.25) is 0 Å². The smallest absolute Gasteiger partial charge is 0.347 e. The highest BCUT2D eigenvalue weighted by molar-refractivity contribution is 7.13. The topological polar surface area (TPSA) is 91.8 Å². The highest BCUT2D eigenvalue weighted by Gasteiger charge is 2.36. The Morgan fingerprint density at radius 3 is 2.91 bits per heavy atom. The minimum atomic E-state index is -0.949. The lowest BCUT2D eigenvalue weighted by molar-refractivity contribution is -0.0252. The molecule has 0 bridgehead atoms. The predicted octanol–water partition coefficient (Wildman–Crippen LogP) is 1.51. The first kappa shape index (κ1) is 16.2. The van der Waals surface area contributed by atoms with Gasteiger partial charge in [-0.3, -0.25) is 0 Å². The van der Waals surface area contributed by atoms with Crippen molar-refractivity contribution in [3.05, 3.63) is 15.6 Å². The molecule has 0 aromatic carbocycles. The number of hydrogen-bond acceptors (Lipinski definition) is 5. The molecule has 1 saturated carbocycles. The normalized spacial score (nSPS) is 21.3. The number of aromatic carboxylic acids is 1. The van der Waals surface area contributed by atoms with Crippen molar-refractivity contribution in [3.63, 3.8) is 0 Å². The molecule has 2 aliphatic rings. The number of amides is 2. The number of nitrogens with zero attached hydrogens (tertiary/aromatic N) is 2. The van der Waals surface area contributed by atoms with Crippen LogP contribution in [-0.4, -0.2) is 59.3 Å². The highest BCUT2D eigenvalue weighted by Crippen LogP contribution is 2.35. The van der Waals surface area contributed by atoms with Crippen molar-refractivity contribution in [2.24, 2.45) is 5.92 Å². The third-order valence-electron chi connectivity index (χ3n) is 4.18. The Bertz CT molecular complexity index is 600. The summed E-state index contributed by atoms with van der Waals surface area (Å²) < 4.78 is 5.71. The Labute approximate surface area is 138 Å². The number of aryl methyl sites for hydroxylation is 1. The molecule has 1 atom stereocenters. The molecule has 1 unspecified atom stereocenters. The Morgan fingerprint density at radius 2 is 2.26 bits per heavy atom. The summed E-state index contributed by atoms with van der Waals surface area (Å²) in [6.07, 6.45) is 3.14. The van der Waals surface area contributed by atoms with E-state index in [9.17, 15) is 9.59 Å². The molecule has 1 aliphatic carbocycles. The maximum Gasteiger partial charge on any atom is 0.347 e. The van der Waals surface area contributed by atoms with E-state index in [0.717, 1.165) is 5.01 Å². The zero-order valence-corrected chi connectivity index (χ0v) is 13.9. The summed E-state index contributed by atoms with van der Waals surface area (Å²) in [6.45, 7) is 4.02. The van der Waals surface area contributed by atoms with Crippen molar-refractivity contribution in [1.29, 1.82) is 0 Å². The Hall–Kier alpha value is -1.67. The maximum atomic E-state index is 12.2. The lowest BCUT2D eigenvalue weighted by Gasteiger charge is -2.33. The van der Waals surface area contributed by atoms with Crippen LogP contribution in [0.1, 0.15) is 33.2 Å². The predicted molar refractivity (Wildman–Crippen MR) is 85.0 cm³/mol. The number of rotatable bonds is 5. The standard InChI is InChI=1S/C15H21N3O4S/c1-9-13(14(19)20)23-12(17-9)4-5-16-15(21)18-6-7-22-11(8-18)10-2-3-10/h10-11H,2-8H2,1H3,(H,16,21)(H,19,20). The Kier molecular flexibility index (Phi) is 4.82. The average Bonchev–Trinajstić information content (AvgIpc) is 3.31. The lowest BCUT2D eigenvalue weighted by Crippen LogP contribution is -2.50. The van der Waals surface area contributed by atoms with Gasteiger partial charge in [-0.15, -0.1) is 11.3 Å². The number of carboxylic acid groups (broad SMARTS) is 1. The first-order valence-electron chi connectivity index (χ1n) is 7.88. The second-order valence-electron chi connectivity index (χ2n) is 6.00. The number of nitrogens with one attached hydrogen (secondary N) is 1. The van der Waals surface area contributed by atoms with Gasteiger partial charge in [-0.2, -0.15) is 0 Å². The van der Waals surface area contributed by atoms with Crippen LogP contribution in [0.15, 0.2) is 0 Å². The number of carbonyl (C=O) groups excluding carboxylic acids is 1. The van der Waals surface area contributed by atoms with Crippen molar-refractivity contribution in [2.45, 2.75) is 32.3 Å². The van der Waals surface area contributed by atoms with E-state index in [1.807, 2.05) is 4.90 Å². The average molecular weight is 339 g/mol. The van der Waals surface area contributed by atoms with E-state index in [1.165, 1.54) is 24.2 Å². The zero-order chi connectivity index (χ0) is 16.4. The summed E-state index contributed by atoms with van der Waals surface area (Å²) >= 11 is 1.17. The molecular formula is C15H21N3O4S. The van der Waals surface area contributed by atoms with E-state index in [0.29, 0.717) is 44.3 Å². The van der Waals surface area contributed by atoms with E-state index in [1.54, 1.807) is 6.92 Å². The molecule has 23 heavy (non-hydrogen) atoms. The van der Waals surface area contributed by atoms with E-state index in [4.69, 9.17) is 9.84 Å². The van der Waals surface area contributed by atoms with Gasteiger partial charge in [0.05, 0.1) is 23.4 Å². The summed E-state index contributed by atoms with van der Waals surface area (Å²) in [7, 11) is 0. The largest absolute Gasteiger partial charge is 0.477 e. The third kappa shape index (κ3) is 4.00. The van der Waals surface area contributed by atoms with Gasteiger partial charge in [0.1, 0.15) is 4.88 Å². The molecule has 1 aromatic rings. The molecule has 8 heteroatoms. The van der Waals surface area contributed by atoms with Gasteiger partial charge < -0.3 is 20.1 Å². The summed E-state index contributed by atoms with van der Waals surface area (Å²) in [5.74, 6) is -0.326. The molecular weight excluding hydrogens is 318 g/mol. The summed E-state index contributed by atoms with van der Waals surface area (Å²) in [4.78, 5) is 29.5. The molecule has 2 amide bonds. The van der Waals surface area contributed by atoms with Gasteiger partial charge in [-0.25, -0.2) is 14.6 Å². The lowest BCUT2D eigenvalue weighted by atomic mass is 10.2. The monoisotopic (exact) mass is 339 g/mol. The van der Waals surface area contributed by atoms with Gasteiger partial charge in [0.15, 0.2) is 0 Å². The van der Waals surface area contributed by atoms with Crippen molar-refractivity contribution >= 4 is 23.3 Å². The summed E-state index contributed by atoms with van der Waals surface area (Å²) in [5, 5.41) is 12.6. The first-order valence-corrected chi connectivity index (χ1v) is 8.70. The molecule has 2 fully saturated rings. The van der Waals surface area contributed by atoms with Crippen LogP contribution in [0.25, 0.3) is 0 Å². The van der Waals surface area contributed by atoms with Crippen molar-refractivity contribution in [3.8, 4) is 0 Å². The number of carbonyl (C=O) groups is 2. The van der Waals surface area contributed by atoms with Gasteiger partial charge in [0.25, 0.3) is 0 Å². The van der Waals surface area contributed by atoms with Gasteiger partial charge in [-0.05, 0) is 25.7 Å². The fraction of sp³-hybridized carbons (Fsp3) is 0.667. The van der Waals surface area contributed by atoms with Crippen LogP contribution >= 0.6 is 11.3 Å². The SMILES string of the molecule is Cc1nc(CCNC(=O)N2CCOC(C3CC3)C2)sc1C(=O)O. The van der Waals surface area contributed by atoms with Gasteiger partial charge in [-0.1, -0.05) is 0 Å². The summed E-state index contributed by atoms with van der Waals surface area (Å²) in [6, 6.07) is -0.0781. The highest BCUT2D eigenvalue weighted by atomic mass is 32.1. The van der Waals surface area contributed by atoms with Crippen LogP contribution < -0.4 is 5.32 Å². The number of thiazole rings is 1. The third-order valence-corrected chi connectivity index (χ3v) is 5.38. The van der Waals surface area contributed by atoms with E-state index < -0.39 is 5.97 Å². The molecule has 2 N–H and O–H groups in total. The second-order valence-corrected chi connectivity index (χ2v) is 7.09. The maximum absolute atomic E-state index is 12.2. The van der Waals surface area contributed by atoms with Crippen LogP contribution in [0.5, 0.6) is 0 Å². The number of morpholine rings is 1. The summed E-state index contributed by atoms with van der Waals surface area (Å²) in [5.41, 5.74) is 0.532. The molecule has 1 aromatic heterocycles. The van der Waals surface area contributed by atoms with Crippen LogP contribution in [0.4, 0.5) is 4.79 Å². The molecule has 0 spiro atoms. The quantitative estimate of drug-likeness (QED) is 0.848. The number of hydrogen-bond donors (Lipinski definition) is 2. The Morgan fingerprint density at radius 1 is 1.48 bits per heavy atom. The van der Waals surface area contributed by atoms with E-state index in [2.05, 4.69) is 10.3 Å². The molecule has 1 saturated heterocycles. The van der Waals surface area contributed by atoms with Crippen LogP contribution in [-0.2, 0) is 11.2 Å². The van der Waals surface area contributed by atoms with E-state index >= 15 is 0 Å². The van der Waals surface area contributed by atoms with Crippen LogP contribution in [0.2, 0.25) is 0 Å².